The molecule has 1 atom stereocenters. The van der Waals surface area contributed by atoms with E-state index >= 15 is 0 Å². The normalized spacial score (nSPS) is 12.0. The van der Waals surface area contributed by atoms with Gasteiger partial charge in [-0.2, -0.15) is 0 Å². The fourth-order valence-electron chi connectivity index (χ4n) is 2.36. The van der Waals surface area contributed by atoms with E-state index < -0.39 is 0 Å². The summed E-state index contributed by atoms with van der Waals surface area (Å²) in [6.07, 6.45) is 0. The van der Waals surface area contributed by atoms with Crippen LogP contribution in [0, 0.1) is 0 Å². The SMILES string of the molecule is COc1ccc2nc(SC(C)C(=O)Nc3ccc(OC)c(Cl)c3)[nH]c2c1. The Labute approximate surface area is 160 Å². The summed E-state index contributed by atoms with van der Waals surface area (Å²) < 4.78 is 10.3. The Morgan fingerprint density at radius 2 is 2.04 bits per heavy atom. The lowest BCUT2D eigenvalue weighted by Crippen LogP contribution is -2.22. The van der Waals surface area contributed by atoms with Gasteiger partial charge in [-0.25, -0.2) is 4.98 Å². The summed E-state index contributed by atoms with van der Waals surface area (Å²) in [4.78, 5) is 20.1. The van der Waals surface area contributed by atoms with Gasteiger partial charge in [0.25, 0.3) is 0 Å². The van der Waals surface area contributed by atoms with Crippen LogP contribution in [0.2, 0.25) is 5.02 Å². The van der Waals surface area contributed by atoms with Gasteiger partial charge in [-0.3, -0.25) is 4.79 Å². The molecule has 136 valence electrons. The largest absolute Gasteiger partial charge is 0.497 e. The Hall–Kier alpha value is -2.38. The third-order valence-corrected chi connectivity index (χ3v) is 5.02. The van der Waals surface area contributed by atoms with Crippen molar-refractivity contribution >= 4 is 46.0 Å². The van der Waals surface area contributed by atoms with Crippen LogP contribution in [0.1, 0.15) is 6.92 Å². The van der Waals surface area contributed by atoms with E-state index in [0.29, 0.717) is 21.6 Å². The third-order valence-electron chi connectivity index (χ3n) is 3.74. The second-order valence-electron chi connectivity index (χ2n) is 5.52. The van der Waals surface area contributed by atoms with Crippen LogP contribution in [-0.4, -0.2) is 35.3 Å². The quantitative estimate of drug-likeness (QED) is 0.611. The van der Waals surface area contributed by atoms with Gasteiger partial charge in [0.05, 0.1) is 35.5 Å². The van der Waals surface area contributed by atoms with E-state index in [4.69, 9.17) is 21.1 Å². The molecular formula is C18H18ClN3O3S. The summed E-state index contributed by atoms with van der Waals surface area (Å²) in [5.41, 5.74) is 2.30. The lowest BCUT2D eigenvalue weighted by Gasteiger charge is -2.11. The van der Waals surface area contributed by atoms with Crippen LogP contribution in [0.3, 0.4) is 0 Å². The molecule has 0 saturated carbocycles. The number of hydrogen-bond donors (Lipinski definition) is 2. The summed E-state index contributed by atoms with van der Waals surface area (Å²) in [7, 11) is 3.16. The van der Waals surface area contributed by atoms with Gasteiger partial charge in [0.2, 0.25) is 5.91 Å². The number of methoxy groups -OCH3 is 2. The first-order valence-corrected chi connectivity index (χ1v) is 9.10. The van der Waals surface area contributed by atoms with Crippen molar-refractivity contribution < 1.29 is 14.3 Å². The molecule has 0 aliphatic carbocycles. The van der Waals surface area contributed by atoms with Crippen LogP contribution in [0.5, 0.6) is 11.5 Å². The number of imidazole rings is 1. The second-order valence-corrected chi connectivity index (χ2v) is 7.26. The van der Waals surface area contributed by atoms with Gasteiger partial charge in [-0.1, -0.05) is 23.4 Å². The first-order valence-electron chi connectivity index (χ1n) is 7.85. The zero-order chi connectivity index (χ0) is 18.7. The third kappa shape index (κ3) is 4.05. The number of aromatic amines is 1. The van der Waals surface area contributed by atoms with Crippen LogP contribution in [0.25, 0.3) is 11.0 Å². The number of H-pyrrole nitrogens is 1. The second kappa shape index (κ2) is 7.88. The van der Waals surface area contributed by atoms with Crippen LogP contribution in [-0.2, 0) is 4.79 Å². The Bertz CT molecular complexity index is 945. The maximum absolute atomic E-state index is 12.4. The molecule has 0 aliphatic heterocycles. The zero-order valence-electron chi connectivity index (χ0n) is 14.5. The van der Waals surface area contributed by atoms with E-state index in [-0.39, 0.29) is 11.2 Å². The van der Waals surface area contributed by atoms with Gasteiger partial charge in [-0.05, 0) is 37.3 Å². The number of ether oxygens (including phenoxy) is 2. The van der Waals surface area contributed by atoms with Crippen molar-refractivity contribution in [2.75, 3.05) is 19.5 Å². The summed E-state index contributed by atoms with van der Waals surface area (Å²) >= 11 is 7.43. The zero-order valence-corrected chi connectivity index (χ0v) is 16.1. The minimum atomic E-state index is -0.349. The molecule has 26 heavy (non-hydrogen) atoms. The van der Waals surface area contributed by atoms with Crippen LogP contribution >= 0.6 is 23.4 Å². The molecule has 1 unspecified atom stereocenters. The van der Waals surface area contributed by atoms with E-state index in [9.17, 15) is 4.79 Å². The summed E-state index contributed by atoms with van der Waals surface area (Å²) in [6, 6.07) is 10.7. The first-order chi connectivity index (χ1) is 12.5. The molecule has 3 aromatic rings. The van der Waals surface area contributed by atoms with Gasteiger partial charge in [-0.15, -0.1) is 0 Å². The van der Waals surface area contributed by atoms with Crippen molar-refractivity contribution in [1.29, 1.82) is 0 Å². The van der Waals surface area contributed by atoms with Crippen molar-refractivity contribution in [2.24, 2.45) is 0 Å². The Balaban J connectivity index is 1.68. The van der Waals surface area contributed by atoms with Crippen molar-refractivity contribution in [2.45, 2.75) is 17.3 Å². The van der Waals surface area contributed by atoms with Gasteiger partial charge in [0, 0.05) is 11.8 Å². The molecule has 2 aromatic carbocycles. The van der Waals surface area contributed by atoms with Crippen molar-refractivity contribution in [3.63, 3.8) is 0 Å². The number of carbonyl (C=O) groups is 1. The molecule has 0 radical (unpaired) electrons. The molecule has 3 rings (SSSR count). The number of rotatable bonds is 6. The van der Waals surface area contributed by atoms with E-state index in [1.54, 1.807) is 32.4 Å². The Kier molecular flexibility index (Phi) is 5.58. The molecule has 0 spiro atoms. The number of amides is 1. The molecule has 1 amide bonds. The maximum atomic E-state index is 12.4. The van der Waals surface area contributed by atoms with Gasteiger partial charge in [0.15, 0.2) is 5.16 Å². The van der Waals surface area contributed by atoms with Crippen molar-refractivity contribution in [1.82, 2.24) is 9.97 Å². The highest BCUT2D eigenvalue weighted by Crippen LogP contribution is 2.29. The number of nitrogens with zero attached hydrogens (tertiary/aromatic N) is 1. The Morgan fingerprint density at radius 1 is 1.23 bits per heavy atom. The van der Waals surface area contributed by atoms with Crippen molar-refractivity contribution in [3.05, 3.63) is 41.4 Å². The number of thioether (sulfide) groups is 1. The molecule has 0 aliphatic rings. The molecular weight excluding hydrogens is 374 g/mol. The molecule has 6 nitrogen and oxygen atoms in total. The first kappa shape index (κ1) is 18.4. The number of benzene rings is 2. The smallest absolute Gasteiger partial charge is 0.237 e. The molecule has 8 heteroatoms. The number of anilines is 1. The highest BCUT2D eigenvalue weighted by molar-refractivity contribution is 8.00. The van der Waals surface area contributed by atoms with E-state index in [1.807, 2.05) is 25.1 Å². The molecule has 2 N–H and O–H groups in total. The van der Waals surface area contributed by atoms with E-state index in [2.05, 4.69) is 15.3 Å². The van der Waals surface area contributed by atoms with Crippen LogP contribution in [0.15, 0.2) is 41.6 Å². The monoisotopic (exact) mass is 391 g/mol. The van der Waals surface area contributed by atoms with Crippen molar-refractivity contribution in [3.8, 4) is 11.5 Å². The number of hydrogen-bond acceptors (Lipinski definition) is 5. The topological polar surface area (TPSA) is 76.2 Å². The minimum absolute atomic E-state index is 0.144. The minimum Gasteiger partial charge on any atom is -0.497 e. The van der Waals surface area contributed by atoms with Crippen LogP contribution < -0.4 is 14.8 Å². The fraction of sp³-hybridized carbons (Fsp3) is 0.222. The lowest BCUT2D eigenvalue weighted by molar-refractivity contribution is -0.115. The Morgan fingerprint density at radius 3 is 2.73 bits per heavy atom. The number of halogens is 1. The number of fused-ring (bicyclic) bond motifs is 1. The fourth-order valence-corrected chi connectivity index (χ4v) is 3.44. The molecule has 0 saturated heterocycles. The molecule has 1 aromatic heterocycles. The van der Waals surface area contributed by atoms with Crippen LogP contribution in [0.4, 0.5) is 5.69 Å². The maximum Gasteiger partial charge on any atom is 0.237 e. The van der Waals surface area contributed by atoms with Gasteiger partial charge < -0.3 is 19.8 Å². The lowest BCUT2D eigenvalue weighted by atomic mass is 10.3. The van der Waals surface area contributed by atoms with E-state index in [1.165, 1.54) is 11.8 Å². The predicted molar refractivity (Wildman–Crippen MR) is 105 cm³/mol. The molecule has 0 fully saturated rings. The number of carbonyl (C=O) groups excluding carboxylic acids is 1. The predicted octanol–water partition coefficient (Wildman–Crippen LogP) is 4.35. The summed E-state index contributed by atoms with van der Waals surface area (Å²) in [5, 5.41) is 3.61. The summed E-state index contributed by atoms with van der Waals surface area (Å²) in [6.45, 7) is 1.82. The highest BCUT2D eigenvalue weighted by Gasteiger charge is 2.17. The number of nitrogens with one attached hydrogen (secondary N) is 2. The van der Waals surface area contributed by atoms with Gasteiger partial charge in [0.1, 0.15) is 11.5 Å². The summed E-state index contributed by atoms with van der Waals surface area (Å²) in [5.74, 6) is 1.17. The average Bonchev–Trinajstić information content (AvgIpc) is 3.02. The molecule has 0 bridgehead atoms. The van der Waals surface area contributed by atoms with E-state index in [0.717, 1.165) is 16.8 Å². The number of aromatic nitrogens is 2. The highest BCUT2D eigenvalue weighted by atomic mass is 35.5. The standard InChI is InChI=1S/C18H18ClN3O3S/c1-10(17(23)20-11-4-7-16(25-3)13(19)8-11)26-18-21-14-6-5-12(24-2)9-15(14)22-18/h4-10H,1-3H3,(H,20,23)(H,21,22). The average molecular weight is 392 g/mol. The molecule has 1 heterocycles. The van der Waals surface area contributed by atoms with Gasteiger partial charge >= 0.3 is 0 Å².